The van der Waals surface area contributed by atoms with Crippen molar-refractivity contribution in [3.63, 3.8) is 0 Å². The largest absolute Gasteiger partial charge is 0.393 e. The highest BCUT2D eigenvalue weighted by atomic mass is 32.1. The fourth-order valence-electron chi connectivity index (χ4n) is 1.45. The lowest BCUT2D eigenvalue weighted by molar-refractivity contribution is -0.122. The van der Waals surface area contributed by atoms with Crippen LogP contribution in [0.5, 0.6) is 0 Å². The monoisotopic (exact) mass is 214 g/mol. The first-order chi connectivity index (χ1) is 6.61. The van der Waals surface area contributed by atoms with Gasteiger partial charge in [0.25, 0.3) is 0 Å². The van der Waals surface area contributed by atoms with E-state index in [1.807, 2.05) is 0 Å². The van der Waals surface area contributed by atoms with Gasteiger partial charge in [0.2, 0.25) is 5.91 Å². The second-order valence-corrected chi connectivity index (χ2v) is 4.56. The summed E-state index contributed by atoms with van der Waals surface area (Å²) in [4.78, 5) is 11.9. The number of nitrogens with two attached hydrogens (primary N) is 1. The zero-order chi connectivity index (χ0) is 10.6. The SMILES string of the molecule is CC1CC1C(=O)NCCCCC(N)=S. The van der Waals surface area contributed by atoms with Crippen molar-refractivity contribution < 1.29 is 4.79 Å². The van der Waals surface area contributed by atoms with Gasteiger partial charge in [0.1, 0.15) is 0 Å². The van der Waals surface area contributed by atoms with Crippen LogP contribution >= 0.6 is 12.2 Å². The van der Waals surface area contributed by atoms with Crippen LogP contribution in [0.2, 0.25) is 0 Å². The number of carbonyl (C=O) groups excluding carboxylic acids is 1. The van der Waals surface area contributed by atoms with Gasteiger partial charge in [0.05, 0.1) is 4.99 Å². The van der Waals surface area contributed by atoms with Gasteiger partial charge >= 0.3 is 0 Å². The highest BCUT2D eigenvalue weighted by Gasteiger charge is 2.38. The van der Waals surface area contributed by atoms with Crippen molar-refractivity contribution in [1.29, 1.82) is 0 Å². The zero-order valence-corrected chi connectivity index (χ0v) is 9.40. The van der Waals surface area contributed by atoms with Crippen LogP contribution in [-0.4, -0.2) is 17.4 Å². The molecule has 1 amide bonds. The molecule has 2 unspecified atom stereocenters. The van der Waals surface area contributed by atoms with Gasteiger partial charge < -0.3 is 11.1 Å². The highest BCUT2D eigenvalue weighted by Crippen LogP contribution is 2.37. The molecule has 2 atom stereocenters. The third-order valence-corrected chi connectivity index (χ3v) is 2.80. The van der Waals surface area contributed by atoms with Crippen molar-refractivity contribution in [2.75, 3.05) is 6.54 Å². The van der Waals surface area contributed by atoms with Crippen LogP contribution in [-0.2, 0) is 4.79 Å². The van der Waals surface area contributed by atoms with Crippen LogP contribution in [0.1, 0.15) is 32.6 Å². The minimum Gasteiger partial charge on any atom is -0.393 e. The first-order valence-corrected chi connectivity index (χ1v) is 5.58. The molecular weight excluding hydrogens is 196 g/mol. The Kier molecular flexibility index (Phi) is 4.32. The van der Waals surface area contributed by atoms with Gasteiger partial charge in [-0.2, -0.15) is 0 Å². The number of hydrogen-bond acceptors (Lipinski definition) is 2. The van der Waals surface area contributed by atoms with Crippen LogP contribution in [0.15, 0.2) is 0 Å². The summed E-state index contributed by atoms with van der Waals surface area (Å²) in [5.41, 5.74) is 5.35. The van der Waals surface area contributed by atoms with Gasteiger partial charge in [-0.15, -0.1) is 0 Å². The maximum atomic E-state index is 11.4. The Morgan fingerprint density at radius 2 is 2.21 bits per heavy atom. The third kappa shape index (κ3) is 4.05. The summed E-state index contributed by atoms with van der Waals surface area (Å²) in [6, 6.07) is 0. The van der Waals surface area contributed by atoms with Gasteiger partial charge in [0.15, 0.2) is 0 Å². The van der Waals surface area contributed by atoms with E-state index in [-0.39, 0.29) is 11.8 Å². The fourth-order valence-corrected chi connectivity index (χ4v) is 1.60. The predicted octanol–water partition coefficient (Wildman–Crippen LogP) is 1.22. The summed E-state index contributed by atoms with van der Waals surface area (Å²) >= 11 is 4.75. The average Bonchev–Trinajstić information content (AvgIpc) is 2.81. The summed E-state index contributed by atoms with van der Waals surface area (Å²) in [5.74, 6) is 1.09. The molecule has 0 aromatic rings. The van der Waals surface area contributed by atoms with Gasteiger partial charge in [-0.05, 0) is 31.6 Å². The van der Waals surface area contributed by atoms with Crippen molar-refractivity contribution in [2.24, 2.45) is 17.6 Å². The molecule has 0 radical (unpaired) electrons. The third-order valence-electron chi connectivity index (χ3n) is 2.60. The number of unbranched alkanes of at least 4 members (excludes halogenated alkanes) is 1. The molecule has 1 rings (SSSR count). The molecule has 1 saturated carbocycles. The Hall–Kier alpha value is -0.640. The number of rotatable bonds is 6. The Bertz CT molecular complexity index is 230. The van der Waals surface area contributed by atoms with E-state index >= 15 is 0 Å². The maximum Gasteiger partial charge on any atom is 0.223 e. The lowest BCUT2D eigenvalue weighted by Gasteiger charge is -2.03. The van der Waals surface area contributed by atoms with Gasteiger partial charge in [-0.3, -0.25) is 4.79 Å². The first-order valence-electron chi connectivity index (χ1n) is 5.17. The minimum absolute atomic E-state index is 0.216. The summed E-state index contributed by atoms with van der Waals surface area (Å²) in [5, 5.41) is 2.93. The molecule has 4 heteroatoms. The molecule has 0 heterocycles. The van der Waals surface area contributed by atoms with Crippen molar-refractivity contribution in [1.82, 2.24) is 5.32 Å². The second-order valence-electron chi connectivity index (χ2n) is 4.03. The smallest absolute Gasteiger partial charge is 0.223 e. The molecule has 1 fully saturated rings. The quantitative estimate of drug-likeness (QED) is 0.516. The Morgan fingerprint density at radius 1 is 1.57 bits per heavy atom. The van der Waals surface area contributed by atoms with Crippen LogP contribution in [0, 0.1) is 11.8 Å². The molecule has 3 N–H and O–H groups in total. The van der Waals surface area contributed by atoms with Gasteiger partial charge in [-0.1, -0.05) is 19.1 Å². The molecule has 1 aliphatic rings. The van der Waals surface area contributed by atoms with E-state index in [2.05, 4.69) is 12.2 Å². The van der Waals surface area contributed by atoms with E-state index < -0.39 is 0 Å². The van der Waals surface area contributed by atoms with Gasteiger partial charge in [0, 0.05) is 12.5 Å². The van der Waals surface area contributed by atoms with Gasteiger partial charge in [-0.25, -0.2) is 0 Å². The molecule has 0 saturated heterocycles. The molecule has 0 aliphatic heterocycles. The topological polar surface area (TPSA) is 55.1 Å². The molecule has 0 bridgehead atoms. The fraction of sp³-hybridized carbons (Fsp3) is 0.800. The van der Waals surface area contributed by atoms with Crippen molar-refractivity contribution in [3.05, 3.63) is 0 Å². The molecule has 0 spiro atoms. The van der Waals surface area contributed by atoms with Crippen LogP contribution in [0.25, 0.3) is 0 Å². The molecule has 0 aromatic heterocycles. The van der Waals surface area contributed by atoms with Crippen LogP contribution in [0.3, 0.4) is 0 Å². The van der Waals surface area contributed by atoms with Crippen molar-refractivity contribution in [2.45, 2.75) is 32.6 Å². The normalized spacial score (nSPS) is 24.4. The van der Waals surface area contributed by atoms with E-state index in [4.69, 9.17) is 18.0 Å². The number of carbonyl (C=O) groups is 1. The molecule has 3 nitrogen and oxygen atoms in total. The molecule has 14 heavy (non-hydrogen) atoms. The Morgan fingerprint density at radius 3 is 2.71 bits per heavy atom. The Labute approximate surface area is 90.4 Å². The van der Waals surface area contributed by atoms with E-state index in [0.717, 1.165) is 32.2 Å². The van der Waals surface area contributed by atoms with Crippen molar-refractivity contribution >= 4 is 23.1 Å². The average molecular weight is 214 g/mol. The van der Waals surface area contributed by atoms with E-state index in [9.17, 15) is 4.79 Å². The van der Waals surface area contributed by atoms with E-state index in [1.165, 1.54) is 0 Å². The molecule has 80 valence electrons. The molecule has 1 aliphatic carbocycles. The summed E-state index contributed by atoms with van der Waals surface area (Å²) < 4.78 is 0. The predicted molar refractivity (Wildman–Crippen MR) is 60.9 cm³/mol. The first kappa shape index (κ1) is 11.4. The number of thiocarbonyl (C=S) groups is 1. The Balaban J connectivity index is 1.93. The minimum atomic E-state index is 0.216. The van der Waals surface area contributed by atoms with Crippen LogP contribution < -0.4 is 11.1 Å². The highest BCUT2D eigenvalue weighted by molar-refractivity contribution is 7.80. The number of hydrogen-bond donors (Lipinski definition) is 2. The van der Waals surface area contributed by atoms with Crippen molar-refractivity contribution in [3.8, 4) is 0 Å². The number of nitrogens with one attached hydrogen (secondary N) is 1. The van der Waals surface area contributed by atoms with E-state index in [1.54, 1.807) is 0 Å². The summed E-state index contributed by atoms with van der Waals surface area (Å²) in [7, 11) is 0. The van der Waals surface area contributed by atoms with Crippen LogP contribution in [0.4, 0.5) is 0 Å². The standard InChI is InChI=1S/C10H18N2OS/c1-7-6-8(7)10(13)12-5-3-2-4-9(11)14/h7-8H,2-6H2,1H3,(H2,11,14)(H,12,13). The summed E-state index contributed by atoms with van der Waals surface area (Å²) in [6.07, 6.45) is 3.77. The second kappa shape index (κ2) is 5.29. The van der Waals surface area contributed by atoms with E-state index in [0.29, 0.717) is 10.9 Å². The lowest BCUT2D eigenvalue weighted by atomic mass is 10.2. The zero-order valence-electron chi connectivity index (χ0n) is 8.58. The lowest BCUT2D eigenvalue weighted by Crippen LogP contribution is -2.26. The summed E-state index contributed by atoms with van der Waals surface area (Å²) in [6.45, 7) is 2.86. The molecule has 0 aromatic carbocycles. The molecular formula is C10H18N2OS. The number of amides is 1. The maximum absolute atomic E-state index is 11.4.